The van der Waals surface area contributed by atoms with Crippen LogP contribution in [0, 0.1) is 5.92 Å². The lowest BCUT2D eigenvalue weighted by Crippen LogP contribution is -2.52. The van der Waals surface area contributed by atoms with Crippen molar-refractivity contribution in [2.45, 2.75) is 33.2 Å². The largest absolute Gasteiger partial charge is 0.494 e. The Hall–Kier alpha value is -3.02. The summed E-state index contributed by atoms with van der Waals surface area (Å²) in [4.78, 5) is 27.4. The molecule has 3 amide bonds. The Morgan fingerprint density at radius 1 is 1.11 bits per heavy atom. The number of nitrogens with zero attached hydrogens (tertiary/aromatic N) is 1. The van der Waals surface area contributed by atoms with Gasteiger partial charge in [-0.05, 0) is 55.2 Å². The fourth-order valence-corrected chi connectivity index (χ4v) is 3.36. The third kappa shape index (κ3) is 4.44. The summed E-state index contributed by atoms with van der Waals surface area (Å²) in [7, 11) is 0. The van der Waals surface area contributed by atoms with Gasteiger partial charge in [0, 0.05) is 17.9 Å². The van der Waals surface area contributed by atoms with Crippen LogP contribution < -0.4 is 20.3 Å². The molecule has 0 aliphatic carbocycles. The molecular weight excluding hydrogens is 354 g/mol. The molecular formula is C22H27N3O3. The van der Waals surface area contributed by atoms with Gasteiger partial charge in [-0.2, -0.15) is 0 Å². The smallest absolute Gasteiger partial charge is 0.319 e. The van der Waals surface area contributed by atoms with Crippen molar-refractivity contribution in [1.82, 2.24) is 5.32 Å². The maximum absolute atomic E-state index is 13.1. The van der Waals surface area contributed by atoms with Crippen molar-refractivity contribution < 1.29 is 14.3 Å². The molecule has 28 heavy (non-hydrogen) atoms. The number of ether oxygens (including phenoxy) is 1. The molecule has 0 aromatic heterocycles. The number of fused-ring (bicyclic) bond motifs is 1. The molecule has 0 fully saturated rings. The minimum Gasteiger partial charge on any atom is -0.494 e. The topological polar surface area (TPSA) is 70.7 Å². The summed E-state index contributed by atoms with van der Waals surface area (Å²) in [5, 5.41) is 5.62. The van der Waals surface area contributed by atoms with Crippen LogP contribution in [0.15, 0.2) is 48.5 Å². The van der Waals surface area contributed by atoms with Gasteiger partial charge in [-0.15, -0.1) is 0 Å². The molecule has 2 N–H and O–H groups in total. The number of carbonyl (C=O) groups is 2. The van der Waals surface area contributed by atoms with E-state index in [-0.39, 0.29) is 11.8 Å². The minimum atomic E-state index is -0.603. The molecule has 148 valence electrons. The number of benzene rings is 2. The van der Waals surface area contributed by atoms with Crippen LogP contribution in [0.4, 0.5) is 16.2 Å². The molecule has 1 atom stereocenters. The average Bonchev–Trinajstić information content (AvgIpc) is 3.11. The molecule has 6 heteroatoms. The van der Waals surface area contributed by atoms with Gasteiger partial charge >= 0.3 is 6.03 Å². The molecule has 2 aromatic carbocycles. The Labute approximate surface area is 165 Å². The summed E-state index contributed by atoms with van der Waals surface area (Å²) in [5.41, 5.74) is 2.74. The molecule has 2 aromatic rings. The molecule has 1 heterocycles. The minimum absolute atomic E-state index is 0.0358. The number of amides is 3. The Kier molecular flexibility index (Phi) is 6.19. The van der Waals surface area contributed by atoms with Crippen LogP contribution >= 0.6 is 0 Å². The maximum atomic E-state index is 13.1. The predicted octanol–water partition coefficient (Wildman–Crippen LogP) is 3.82. The summed E-state index contributed by atoms with van der Waals surface area (Å²) in [6.07, 6.45) is 0.838. The lowest BCUT2D eigenvalue weighted by Gasteiger charge is -2.27. The van der Waals surface area contributed by atoms with Gasteiger partial charge in [0.25, 0.3) is 0 Å². The standard InChI is InChI=1S/C22H27N3O3/c1-4-28-18-11-9-17(10-12-18)23-22(27)24-20(15(2)3)21(26)25-14-13-16-7-5-6-8-19(16)25/h5-12,15,20H,4,13-14H2,1-3H3,(H2,23,24,27)/t20-/m0/s1. The zero-order valence-corrected chi connectivity index (χ0v) is 16.6. The number of nitrogens with one attached hydrogen (secondary N) is 2. The molecule has 0 saturated carbocycles. The van der Waals surface area contributed by atoms with Crippen molar-refractivity contribution in [3.63, 3.8) is 0 Å². The number of urea groups is 1. The van der Waals surface area contributed by atoms with Crippen molar-refractivity contribution in [2.24, 2.45) is 5.92 Å². The van der Waals surface area contributed by atoms with Crippen molar-refractivity contribution in [3.8, 4) is 5.75 Å². The second kappa shape index (κ2) is 8.78. The molecule has 0 unspecified atom stereocenters. The molecule has 3 rings (SSSR count). The van der Waals surface area contributed by atoms with Crippen molar-refractivity contribution >= 4 is 23.3 Å². The summed E-state index contributed by atoms with van der Waals surface area (Å²) in [5.74, 6) is 0.629. The fraction of sp³-hybridized carbons (Fsp3) is 0.364. The van der Waals surface area contributed by atoms with E-state index in [2.05, 4.69) is 10.6 Å². The Morgan fingerprint density at radius 3 is 2.50 bits per heavy atom. The van der Waals surface area contributed by atoms with Gasteiger partial charge in [0.05, 0.1) is 6.61 Å². The highest BCUT2D eigenvalue weighted by atomic mass is 16.5. The number of para-hydroxylation sites is 1. The van der Waals surface area contributed by atoms with E-state index < -0.39 is 12.1 Å². The zero-order chi connectivity index (χ0) is 20.1. The van der Waals surface area contributed by atoms with Gasteiger partial charge < -0.3 is 20.3 Å². The summed E-state index contributed by atoms with van der Waals surface area (Å²) >= 11 is 0. The number of hydrogen-bond acceptors (Lipinski definition) is 3. The van der Waals surface area contributed by atoms with E-state index in [1.807, 2.05) is 45.0 Å². The van der Waals surface area contributed by atoms with Gasteiger partial charge in [-0.1, -0.05) is 32.0 Å². The van der Waals surface area contributed by atoms with Crippen LogP contribution in [-0.2, 0) is 11.2 Å². The highest BCUT2D eigenvalue weighted by molar-refractivity contribution is 6.02. The first-order chi connectivity index (χ1) is 13.5. The van der Waals surface area contributed by atoms with E-state index in [0.29, 0.717) is 18.8 Å². The van der Waals surface area contributed by atoms with Crippen LogP contribution in [0.2, 0.25) is 0 Å². The van der Waals surface area contributed by atoms with Gasteiger partial charge in [-0.3, -0.25) is 4.79 Å². The van der Waals surface area contributed by atoms with E-state index >= 15 is 0 Å². The monoisotopic (exact) mass is 381 g/mol. The Bertz CT molecular complexity index is 833. The lowest BCUT2D eigenvalue weighted by atomic mass is 10.0. The van der Waals surface area contributed by atoms with E-state index in [1.165, 1.54) is 0 Å². The lowest BCUT2D eigenvalue weighted by molar-refractivity contribution is -0.121. The Morgan fingerprint density at radius 2 is 1.82 bits per heavy atom. The van der Waals surface area contributed by atoms with Crippen molar-refractivity contribution in [1.29, 1.82) is 0 Å². The molecule has 0 spiro atoms. The summed E-state index contributed by atoms with van der Waals surface area (Å²) < 4.78 is 5.40. The third-order valence-electron chi connectivity index (χ3n) is 4.80. The van der Waals surface area contributed by atoms with E-state index in [0.717, 1.165) is 23.4 Å². The van der Waals surface area contributed by atoms with Crippen LogP contribution in [-0.4, -0.2) is 31.1 Å². The van der Waals surface area contributed by atoms with Crippen molar-refractivity contribution in [2.75, 3.05) is 23.4 Å². The van der Waals surface area contributed by atoms with Crippen LogP contribution in [0.5, 0.6) is 5.75 Å². The van der Waals surface area contributed by atoms with Gasteiger partial charge in [0.15, 0.2) is 0 Å². The van der Waals surface area contributed by atoms with E-state index in [1.54, 1.807) is 29.2 Å². The molecule has 1 aliphatic rings. The second-order valence-electron chi connectivity index (χ2n) is 7.15. The SMILES string of the molecule is CCOc1ccc(NC(=O)N[C@H](C(=O)N2CCc3ccccc32)C(C)C)cc1. The molecule has 1 aliphatic heterocycles. The summed E-state index contributed by atoms with van der Waals surface area (Å²) in [6.45, 7) is 7.01. The average molecular weight is 381 g/mol. The van der Waals surface area contributed by atoms with Gasteiger partial charge in [-0.25, -0.2) is 4.79 Å². The second-order valence-corrected chi connectivity index (χ2v) is 7.15. The first-order valence-corrected chi connectivity index (χ1v) is 9.69. The Balaban J connectivity index is 1.66. The molecule has 6 nitrogen and oxygen atoms in total. The van der Waals surface area contributed by atoms with E-state index in [4.69, 9.17) is 4.74 Å². The quantitative estimate of drug-likeness (QED) is 0.799. The van der Waals surface area contributed by atoms with Crippen LogP contribution in [0.25, 0.3) is 0 Å². The first-order valence-electron chi connectivity index (χ1n) is 9.69. The first kappa shape index (κ1) is 19.7. The molecule has 0 saturated heterocycles. The highest BCUT2D eigenvalue weighted by Gasteiger charge is 2.32. The molecule has 0 radical (unpaired) electrons. The number of rotatable bonds is 6. The summed E-state index contributed by atoms with van der Waals surface area (Å²) in [6, 6.07) is 14.0. The van der Waals surface area contributed by atoms with Crippen LogP contribution in [0.3, 0.4) is 0 Å². The normalized spacial score (nSPS) is 13.8. The van der Waals surface area contributed by atoms with E-state index in [9.17, 15) is 9.59 Å². The highest BCUT2D eigenvalue weighted by Crippen LogP contribution is 2.28. The third-order valence-corrected chi connectivity index (χ3v) is 4.80. The van der Waals surface area contributed by atoms with Gasteiger partial charge in [0.1, 0.15) is 11.8 Å². The van der Waals surface area contributed by atoms with Crippen LogP contribution in [0.1, 0.15) is 26.3 Å². The van der Waals surface area contributed by atoms with Crippen molar-refractivity contribution in [3.05, 3.63) is 54.1 Å². The number of anilines is 2. The number of hydrogen-bond donors (Lipinski definition) is 2. The zero-order valence-electron chi connectivity index (χ0n) is 16.6. The fourth-order valence-electron chi connectivity index (χ4n) is 3.36. The predicted molar refractivity (Wildman–Crippen MR) is 111 cm³/mol. The maximum Gasteiger partial charge on any atom is 0.319 e. The number of carbonyl (C=O) groups excluding carboxylic acids is 2. The molecule has 0 bridgehead atoms. The van der Waals surface area contributed by atoms with Gasteiger partial charge in [0.2, 0.25) is 5.91 Å².